The van der Waals surface area contributed by atoms with E-state index in [1.54, 1.807) is 19.0 Å². The zero-order valence-corrected chi connectivity index (χ0v) is 13.7. The zero-order valence-electron chi connectivity index (χ0n) is 13.7. The summed E-state index contributed by atoms with van der Waals surface area (Å²) >= 11 is 0. The smallest absolute Gasteiger partial charge is 0.240 e. The third kappa shape index (κ3) is 2.98. The highest BCUT2D eigenvalue weighted by Crippen LogP contribution is 2.39. The van der Waals surface area contributed by atoms with Crippen LogP contribution in [0.5, 0.6) is 0 Å². The van der Waals surface area contributed by atoms with E-state index in [0.29, 0.717) is 6.54 Å². The van der Waals surface area contributed by atoms with Crippen molar-refractivity contribution in [2.24, 2.45) is 0 Å². The van der Waals surface area contributed by atoms with Crippen LogP contribution in [0.1, 0.15) is 44.9 Å². The van der Waals surface area contributed by atoms with E-state index in [2.05, 4.69) is 16.1 Å². The Morgan fingerprint density at radius 1 is 1.32 bits per heavy atom. The molecule has 1 saturated heterocycles. The Kier molecular flexibility index (Phi) is 5.47. The second-order valence-electron chi connectivity index (χ2n) is 6.42. The molecule has 0 aromatic heterocycles. The van der Waals surface area contributed by atoms with Crippen molar-refractivity contribution in [2.45, 2.75) is 56.5 Å². The van der Waals surface area contributed by atoms with Crippen molar-refractivity contribution >= 4 is 11.8 Å². The van der Waals surface area contributed by atoms with Crippen molar-refractivity contribution in [3.05, 3.63) is 0 Å². The van der Waals surface area contributed by atoms with Crippen LogP contribution in [0.25, 0.3) is 0 Å². The number of carbonyl (C=O) groups excluding carboxylic acids is 2. The fourth-order valence-corrected chi connectivity index (χ4v) is 4.02. The third-order valence-electron chi connectivity index (χ3n) is 5.12. The van der Waals surface area contributed by atoms with Crippen LogP contribution in [-0.2, 0) is 9.59 Å². The number of rotatable bonds is 4. The Morgan fingerprint density at radius 3 is 2.59 bits per heavy atom. The first-order chi connectivity index (χ1) is 10.6. The van der Waals surface area contributed by atoms with Gasteiger partial charge in [0.15, 0.2) is 0 Å². The van der Waals surface area contributed by atoms with Gasteiger partial charge in [0.05, 0.1) is 12.6 Å². The van der Waals surface area contributed by atoms with Crippen molar-refractivity contribution in [3.63, 3.8) is 0 Å². The third-order valence-corrected chi connectivity index (χ3v) is 5.12. The molecule has 1 atom stereocenters. The van der Waals surface area contributed by atoms with Gasteiger partial charge in [-0.2, -0.15) is 0 Å². The standard InChI is InChI=1S/C17H27N3O2/c1-4-12-19(3)15(21)14-9-8-13-20(14)17(16(22)18-2)10-6-5-7-11-17/h1,14H,5-13H2,2-3H3,(H,18,22). The summed E-state index contributed by atoms with van der Waals surface area (Å²) in [7, 11) is 3.43. The normalized spacial score (nSPS) is 24.5. The predicted octanol–water partition coefficient (Wildman–Crippen LogP) is 0.991. The van der Waals surface area contributed by atoms with Gasteiger partial charge in [-0.15, -0.1) is 6.42 Å². The molecule has 1 N–H and O–H groups in total. The van der Waals surface area contributed by atoms with Gasteiger partial charge in [0.1, 0.15) is 5.54 Å². The van der Waals surface area contributed by atoms with Crippen molar-refractivity contribution in [1.29, 1.82) is 0 Å². The highest BCUT2D eigenvalue weighted by Gasteiger charge is 2.50. The van der Waals surface area contributed by atoms with Crippen LogP contribution in [-0.4, -0.2) is 60.4 Å². The molecule has 2 fully saturated rings. The lowest BCUT2D eigenvalue weighted by molar-refractivity contribution is -0.144. The highest BCUT2D eigenvalue weighted by molar-refractivity contribution is 5.88. The predicted molar refractivity (Wildman–Crippen MR) is 86.1 cm³/mol. The Balaban J connectivity index is 2.24. The molecule has 5 nitrogen and oxygen atoms in total. The van der Waals surface area contributed by atoms with Gasteiger partial charge in [-0.1, -0.05) is 25.2 Å². The van der Waals surface area contributed by atoms with Crippen LogP contribution >= 0.6 is 0 Å². The fourth-order valence-electron chi connectivity index (χ4n) is 4.02. The number of hydrogen-bond donors (Lipinski definition) is 1. The van der Waals surface area contributed by atoms with Crippen LogP contribution in [0.4, 0.5) is 0 Å². The molecule has 0 radical (unpaired) electrons. The number of nitrogens with one attached hydrogen (secondary N) is 1. The largest absolute Gasteiger partial charge is 0.358 e. The van der Waals surface area contributed by atoms with E-state index >= 15 is 0 Å². The van der Waals surface area contributed by atoms with Crippen molar-refractivity contribution in [2.75, 3.05) is 27.2 Å². The summed E-state index contributed by atoms with van der Waals surface area (Å²) in [6.45, 7) is 1.13. The van der Waals surface area contributed by atoms with Gasteiger partial charge in [0.25, 0.3) is 0 Å². The van der Waals surface area contributed by atoms with Gasteiger partial charge in [0, 0.05) is 20.6 Å². The van der Waals surface area contributed by atoms with Gasteiger partial charge in [-0.25, -0.2) is 0 Å². The van der Waals surface area contributed by atoms with Crippen LogP contribution in [0, 0.1) is 12.3 Å². The molecular weight excluding hydrogens is 278 g/mol. The lowest BCUT2D eigenvalue weighted by atomic mass is 9.79. The topological polar surface area (TPSA) is 52.7 Å². The van der Waals surface area contributed by atoms with Gasteiger partial charge < -0.3 is 10.2 Å². The number of hydrogen-bond acceptors (Lipinski definition) is 3. The summed E-state index contributed by atoms with van der Waals surface area (Å²) in [6, 6.07) is -0.214. The van der Waals surface area contributed by atoms with Gasteiger partial charge in [-0.3, -0.25) is 14.5 Å². The average Bonchev–Trinajstić information content (AvgIpc) is 3.04. The van der Waals surface area contributed by atoms with E-state index in [1.807, 2.05) is 0 Å². The van der Waals surface area contributed by atoms with Crippen molar-refractivity contribution in [3.8, 4) is 12.3 Å². The first-order valence-electron chi connectivity index (χ1n) is 8.24. The summed E-state index contributed by atoms with van der Waals surface area (Å²) in [5, 5.41) is 2.83. The first kappa shape index (κ1) is 16.8. The van der Waals surface area contributed by atoms with E-state index in [0.717, 1.165) is 45.1 Å². The number of likely N-dealkylation sites (N-methyl/N-ethyl adjacent to an activating group) is 2. The molecule has 2 amide bonds. The van der Waals surface area contributed by atoms with Crippen LogP contribution in [0.15, 0.2) is 0 Å². The van der Waals surface area contributed by atoms with Gasteiger partial charge in [0.2, 0.25) is 11.8 Å². The SMILES string of the molecule is C#CCN(C)C(=O)C1CCCN1C1(C(=O)NC)CCCCC1. The molecule has 122 valence electrons. The maximum atomic E-state index is 12.7. The quantitative estimate of drug-likeness (QED) is 0.788. The molecule has 1 heterocycles. The summed E-state index contributed by atoms with van der Waals surface area (Å²) < 4.78 is 0. The number of terminal acetylenes is 1. The lowest BCUT2D eigenvalue weighted by Gasteiger charge is -2.45. The number of carbonyl (C=O) groups is 2. The zero-order chi connectivity index (χ0) is 16.2. The maximum Gasteiger partial charge on any atom is 0.240 e. The van der Waals surface area contributed by atoms with E-state index in [9.17, 15) is 9.59 Å². The van der Waals surface area contributed by atoms with Crippen LogP contribution in [0.2, 0.25) is 0 Å². The van der Waals surface area contributed by atoms with E-state index in [1.165, 1.54) is 6.42 Å². The summed E-state index contributed by atoms with van der Waals surface area (Å²) in [4.78, 5) is 29.1. The molecule has 2 aliphatic rings. The molecule has 1 aliphatic heterocycles. The minimum absolute atomic E-state index is 0.0456. The lowest BCUT2D eigenvalue weighted by Crippen LogP contribution is -2.63. The fraction of sp³-hybridized carbons (Fsp3) is 0.765. The summed E-state index contributed by atoms with van der Waals surface area (Å²) in [5.74, 6) is 2.62. The minimum Gasteiger partial charge on any atom is -0.358 e. The monoisotopic (exact) mass is 305 g/mol. The van der Waals surface area contributed by atoms with E-state index < -0.39 is 5.54 Å². The molecule has 0 aromatic rings. The second kappa shape index (κ2) is 7.15. The van der Waals surface area contributed by atoms with E-state index in [4.69, 9.17) is 6.42 Å². The summed E-state index contributed by atoms with van der Waals surface area (Å²) in [5.41, 5.74) is -0.513. The molecular formula is C17H27N3O2. The molecule has 1 saturated carbocycles. The molecule has 0 aromatic carbocycles. The maximum absolute atomic E-state index is 12.7. The Morgan fingerprint density at radius 2 is 2.00 bits per heavy atom. The number of likely N-dealkylation sites (tertiary alicyclic amines) is 1. The minimum atomic E-state index is -0.513. The second-order valence-corrected chi connectivity index (χ2v) is 6.42. The van der Waals surface area contributed by atoms with Crippen LogP contribution in [0.3, 0.4) is 0 Å². The number of nitrogens with zero attached hydrogens (tertiary/aromatic N) is 2. The highest BCUT2D eigenvalue weighted by atomic mass is 16.2. The van der Waals surface area contributed by atoms with Gasteiger partial charge >= 0.3 is 0 Å². The molecule has 2 rings (SSSR count). The summed E-state index contributed by atoms with van der Waals surface area (Å²) in [6.07, 6.45) is 12.0. The first-order valence-corrected chi connectivity index (χ1v) is 8.24. The Hall–Kier alpha value is -1.54. The molecule has 22 heavy (non-hydrogen) atoms. The molecule has 1 unspecified atom stereocenters. The molecule has 1 aliphatic carbocycles. The Labute approximate surface area is 133 Å². The van der Waals surface area contributed by atoms with E-state index in [-0.39, 0.29) is 17.9 Å². The van der Waals surface area contributed by atoms with Gasteiger partial charge in [-0.05, 0) is 25.7 Å². The average molecular weight is 305 g/mol. The van der Waals surface area contributed by atoms with Crippen molar-refractivity contribution < 1.29 is 9.59 Å². The molecule has 0 spiro atoms. The van der Waals surface area contributed by atoms with Crippen molar-refractivity contribution in [1.82, 2.24) is 15.1 Å². The molecule has 0 bridgehead atoms. The molecule has 5 heteroatoms. The van der Waals surface area contributed by atoms with Crippen LogP contribution < -0.4 is 5.32 Å². The Bertz CT molecular complexity index is 463. The number of amides is 2.